The lowest BCUT2D eigenvalue weighted by Crippen LogP contribution is -2.49. The molecule has 0 bridgehead atoms. The van der Waals surface area contributed by atoms with Crippen molar-refractivity contribution in [2.75, 3.05) is 26.9 Å². The molecule has 1 fully saturated rings. The zero-order chi connectivity index (χ0) is 16.8. The first kappa shape index (κ1) is 17.3. The highest BCUT2D eigenvalue weighted by molar-refractivity contribution is 5.78. The molecule has 0 radical (unpaired) electrons. The average Bonchev–Trinajstić information content (AvgIpc) is 2.54. The first-order valence-electron chi connectivity index (χ1n) is 7.74. The van der Waals surface area contributed by atoms with Crippen LogP contribution in [0.15, 0.2) is 24.3 Å². The van der Waals surface area contributed by atoms with Crippen LogP contribution in [0.4, 0.5) is 0 Å². The predicted molar refractivity (Wildman–Crippen MR) is 84.6 cm³/mol. The van der Waals surface area contributed by atoms with Crippen LogP contribution in [0.5, 0.6) is 5.75 Å². The lowest BCUT2D eigenvalue weighted by atomic mass is 9.96. The number of hydrogen-bond donors (Lipinski definition) is 1. The molecule has 23 heavy (non-hydrogen) atoms. The zero-order valence-corrected chi connectivity index (χ0v) is 13.5. The Kier molecular flexibility index (Phi) is 5.98. The van der Waals surface area contributed by atoms with E-state index in [0.717, 1.165) is 11.3 Å². The fourth-order valence-corrected chi connectivity index (χ4v) is 2.80. The van der Waals surface area contributed by atoms with E-state index in [1.165, 1.54) is 0 Å². The van der Waals surface area contributed by atoms with E-state index < -0.39 is 5.97 Å². The molecule has 0 spiro atoms. The number of aliphatic carboxylic acids is 1. The molecule has 1 heterocycles. The maximum atomic E-state index is 12.6. The number of carboxylic acid groups (broad SMARTS) is 1. The van der Waals surface area contributed by atoms with Gasteiger partial charge in [0.1, 0.15) is 5.75 Å². The van der Waals surface area contributed by atoms with Gasteiger partial charge in [-0.1, -0.05) is 19.1 Å². The summed E-state index contributed by atoms with van der Waals surface area (Å²) in [4.78, 5) is 25.2. The average molecular weight is 321 g/mol. The minimum absolute atomic E-state index is 0.0325. The van der Waals surface area contributed by atoms with Crippen LogP contribution in [0.1, 0.15) is 31.2 Å². The molecule has 2 rings (SSSR count). The van der Waals surface area contributed by atoms with Crippen LogP contribution in [0.2, 0.25) is 0 Å². The fourth-order valence-electron chi connectivity index (χ4n) is 2.80. The summed E-state index contributed by atoms with van der Waals surface area (Å²) in [6.45, 7) is 3.17. The normalized spacial score (nSPS) is 19.2. The Hall–Kier alpha value is -2.08. The Morgan fingerprint density at radius 2 is 2.26 bits per heavy atom. The van der Waals surface area contributed by atoms with Crippen molar-refractivity contribution in [3.05, 3.63) is 29.8 Å². The summed E-state index contributed by atoms with van der Waals surface area (Å²) < 4.78 is 10.5. The van der Waals surface area contributed by atoms with Gasteiger partial charge in [0.25, 0.3) is 0 Å². The smallest absolute Gasteiger partial charge is 0.305 e. The van der Waals surface area contributed by atoms with Gasteiger partial charge in [0.2, 0.25) is 5.91 Å². The van der Waals surface area contributed by atoms with Crippen LogP contribution >= 0.6 is 0 Å². The summed E-state index contributed by atoms with van der Waals surface area (Å²) in [5, 5.41) is 8.98. The zero-order valence-electron chi connectivity index (χ0n) is 13.5. The number of ether oxygens (including phenoxy) is 2. The van der Waals surface area contributed by atoms with Gasteiger partial charge in [-0.3, -0.25) is 9.59 Å². The van der Waals surface area contributed by atoms with Gasteiger partial charge < -0.3 is 19.5 Å². The van der Waals surface area contributed by atoms with Crippen LogP contribution in [-0.2, 0) is 14.3 Å². The molecule has 2 atom stereocenters. The van der Waals surface area contributed by atoms with Crippen LogP contribution in [-0.4, -0.2) is 54.8 Å². The molecular formula is C17H23NO5. The summed E-state index contributed by atoms with van der Waals surface area (Å²) in [5.41, 5.74) is 1.03. The van der Waals surface area contributed by atoms with E-state index in [9.17, 15) is 9.59 Å². The quantitative estimate of drug-likeness (QED) is 0.866. The molecule has 1 amide bonds. The first-order valence-corrected chi connectivity index (χ1v) is 7.74. The molecule has 6 heteroatoms. The van der Waals surface area contributed by atoms with Crippen LogP contribution in [0.3, 0.4) is 0 Å². The topological polar surface area (TPSA) is 76.1 Å². The van der Waals surface area contributed by atoms with E-state index in [-0.39, 0.29) is 30.9 Å². The predicted octanol–water partition coefficient (Wildman–Crippen LogP) is 1.89. The Balaban J connectivity index is 2.02. The SMILES string of the molecule is COc1cccc(C(C)CC(=O)N2CCOCC2CC(=O)O)c1. The molecule has 1 aliphatic heterocycles. The van der Waals surface area contributed by atoms with Gasteiger partial charge in [-0.05, 0) is 23.6 Å². The number of hydrogen-bond acceptors (Lipinski definition) is 4. The Morgan fingerprint density at radius 1 is 1.48 bits per heavy atom. The molecule has 6 nitrogen and oxygen atoms in total. The Bertz CT molecular complexity index is 560. The number of carboxylic acids is 1. The number of benzene rings is 1. The molecular weight excluding hydrogens is 298 g/mol. The van der Waals surface area contributed by atoms with Crippen molar-refractivity contribution in [3.8, 4) is 5.75 Å². The summed E-state index contributed by atoms with van der Waals surface area (Å²) in [5.74, 6) is -0.156. The molecule has 0 aliphatic carbocycles. The Morgan fingerprint density at radius 3 is 2.96 bits per heavy atom. The number of methoxy groups -OCH3 is 1. The molecule has 1 aromatic carbocycles. The highest BCUT2D eigenvalue weighted by Gasteiger charge is 2.29. The highest BCUT2D eigenvalue weighted by atomic mass is 16.5. The highest BCUT2D eigenvalue weighted by Crippen LogP contribution is 2.25. The standard InChI is InChI=1S/C17H23NO5/c1-12(13-4-3-5-15(9-13)22-2)8-16(19)18-6-7-23-11-14(18)10-17(20)21/h3-5,9,12,14H,6-8,10-11H2,1-2H3,(H,20,21). The number of amides is 1. The largest absolute Gasteiger partial charge is 0.497 e. The lowest BCUT2D eigenvalue weighted by molar-refractivity contribution is -0.146. The van der Waals surface area contributed by atoms with Crippen molar-refractivity contribution in [3.63, 3.8) is 0 Å². The van der Waals surface area contributed by atoms with Crippen molar-refractivity contribution < 1.29 is 24.2 Å². The van der Waals surface area contributed by atoms with E-state index in [1.807, 2.05) is 31.2 Å². The third kappa shape index (κ3) is 4.69. The van der Waals surface area contributed by atoms with Gasteiger partial charge in [0.15, 0.2) is 0 Å². The van der Waals surface area contributed by atoms with Gasteiger partial charge in [0.05, 0.1) is 32.8 Å². The first-order chi connectivity index (χ1) is 11.0. The van der Waals surface area contributed by atoms with Gasteiger partial charge in [0, 0.05) is 13.0 Å². The van der Waals surface area contributed by atoms with Crippen LogP contribution in [0.25, 0.3) is 0 Å². The number of morpholine rings is 1. The van der Waals surface area contributed by atoms with Gasteiger partial charge in [-0.15, -0.1) is 0 Å². The number of rotatable bonds is 6. The molecule has 0 aromatic heterocycles. The second-order valence-corrected chi connectivity index (χ2v) is 5.80. The van der Waals surface area contributed by atoms with E-state index in [2.05, 4.69) is 0 Å². The molecule has 126 valence electrons. The van der Waals surface area contributed by atoms with E-state index >= 15 is 0 Å². The molecule has 1 saturated heterocycles. The second-order valence-electron chi connectivity index (χ2n) is 5.80. The van der Waals surface area contributed by atoms with Crippen LogP contribution < -0.4 is 4.74 Å². The van der Waals surface area contributed by atoms with Crippen molar-refractivity contribution in [1.82, 2.24) is 4.90 Å². The Labute approximate surface area is 136 Å². The van der Waals surface area contributed by atoms with Crippen molar-refractivity contribution in [1.29, 1.82) is 0 Å². The third-order valence-corrected chi connectivity index (χ3v) is 4.10. The number of nitrogens with zero attached hydrogens (tertiary/aromatic N) is 1. The third-order valence-electron chi connectivity index (χ3n) is 4.10. The summed E-state index contributed by atoms with van der Waals surface area (Å²) >= 11 is 0. The maximum Gasteiger partial charge on any atom is 0.305 e. The summed E-state index contributed by atoms with van der Waals surface area (Å²) in [6, 6.07) is 7.27. The van der Waals surface area contributed by atoms with Crippen molar-refractivity contribution in [2.45, 2.75) is 31.7 Å². The molecule has 0 saturated carbocycles. The van der Waals surface area contributed by atoms with Gasteiger partial charge in [-0.2, -0.15) is 0 Å². The van der Waals surface area contributed by atoms with E-state index in [0.29, 0.717) is 19.6 Å². The second kappa shape index (κ2) is 7.97. The van der Waals surface area contributed by atoms with Gasteiger partial charge >= 0.3 is 5.97 Å². The molecule has 1 aromatic rings. The minimum atomic E-state index is -0.917. The van der Waals surface area contributed by atoms with Crippen molar-refractivity contribution >= 4 is 11.9 Å². The maximum absolute atomic E-state index is 12.6. The van der Waals surface area contributed by atoms with Crippen LogP contribution in [0, 0.1) is 0 Å². The lowest BCUT2D eigenvalue weighted by Gasteiger charge is -2.35. The molecule has 2 unspecified atom stereocenters. The number of carbonyl (C=O) groups is 2. The summed E-state index contributed by atoms with van der Waals surface area (Å²) in [7, 11) is 1.61. The molecule has 1 aliphatic rings. The summed E-state index contributed by atoms with van der Waals surface area (Å²) in [6.07, 6.45) is 0.253. The van der Waals surface area contributed by atoms with E-state index in [1.54, 1.807) is 12.0 Å². The van der Waals surface area contributed by atoms with E-state index in [4.69, 9.17) is 14.6 Å². The van der Waals surface area contributed by atoms with Crippen molar-refractivity contribution in [2.24, 2.45) is 0 Å². The molecule has 1 N–H and O–H groups in total. The monoisotopic (exact) mass is 321 g/mol. The number of carbonyl (C=O) groups excluding carboxylic acids is 1. The fraction of sp³-hybridized carbons (Fsp3) is 0.529. The minimum Gasteiger partial charge on any atom is -0.497 e. The van der Waals surface area contributed by atoms with Gasteiger partial charge in [-0.25, -0.2) is 0 Å².